The van der Waals surface area contributed by atoms with Gasteiger partial charge in [-0.25, -0.2) is 4.79 Å². The number of carboxylic acid groups (broad SMARTS) is 1. The first-order chi connectivity index (χ1) is 19.6. The molecule has 0 bridgehead atoms. The number of nitrogens with zero attached hydrogens (tertiary/aromatic N) is 1. The summed E-state index contributed by atoms with van der Waals surface area (Å²) in [4.78, 5) is 58.9. The van der Waals surface area contributed by atoms with Gasteiger partial charge >= 0.3 is 11.9 Å². The molecule has 0 saturated carbocycles. The minimum absolute atomic E-state index is 0.0254. The normalized spacial score (nSPS) is 20.1. The van der Waals surface area contributed by atoms with Crippen molar-refractivity contribution in [1.29, 1.82) is 0 Å². The Morgan fingerprint density at radius 2 is 1.83 bits per heavy atom. The molecule has 0 spiro atoms. The van der Waals surface area contributed by atoms with E-state index in [1.165, 1.54) is 24.0 Å². The molecule has 3 amide bonds. The predicted molar refractivity (Wildman–Crippen MR) is 142 cm³/mol. The lowest BCUT2D eigenvalue weighted by molar-refractivity contribution is -0.195. The van der Waals surface area contributed by atoms with E-state index in [9.17, 15) is 34.2 Å². The maximum atomic E-state index is 12.1. The molecule has 1 aromatic rings. The standard InChI is InChI=1S/C28H36N2O11/c1-18(31)39-17-19-7-8-21(40-27-15-20(32)14-23(41-27)28(36)37)16-22(19)38-13-5-11-29-24(33)6-3-2-4-12-30-25(34)9-10-26(30)35/h7-10,16,20,23,27,32H,2-6,11-15,17H2,1H3,(H,29,33)(H,36,37)/t20-,23-,27+/m0/s1. The van der Waals surface area contributed by atoms with Crippen LogP contribution < -0.4 is 14.8 Å². The smallest absolute Gasteiger partial charge is 0.333 e. The maximum Gasteiger partial charge on any atom is 0.333 e. The molecule has 1 saturated heterocycles. The number of nitrogens with one attached hydrogen (secondary N) is 1. The molecule has 3 atom stereocenters. The Balaban J connectivity index is 1.40. The second-order valence-corrected chi connectivity index (χ2v) is 9.71. The molecule has 41 heavy (non-hydrogen) atoms. The molecule has 13 nitrogen and oxygen atoms in total. The number of aliphatic carboxylic acids is 1. The summed E-state index contributed by atoms with van der Waals surface area (Å²) in [5.74, 6) is -1.67. The fourth-order valence-corrected chi connectivity index (χ4v) is 4.24. The summed E-state index contributed by atoms with van der Waals surface area (Å²) >= 11 is 0. The third-order valence-electron chi connectivity index (χ3n) is 6.37. The number of rotatable bonds is 16. The van der Waals surface area contributed by atoms with Gasteiger partial charge in [0, 0.05) is 63.1 Å². The highest BCUT2D eigenvalue weighted by Crippen LogP contribution is 2.29. The fourth-order valence-electron chi connectivity index (χ4n) is 4.24. The number of benzene rings is 1. The molecule has 1 aromatic carbocycles. The van der Waals surface area contributed by atoms with Gasteiger partial charge in [0.1, 0.15) is 18.1 Å². The maximum absolute atomic E-state index is 12.1. The lowest BCUT2D eigenvalue weighted by Gasteiger charge is -2.31. The van der Waals surface area contributed by atoms with Crippen molar-refractivity contribution in [2.24, 2.45) is 0 Å². The van der Waals surface area contributed by atoms with Gasteiger partial charge in [0.05, 0.1) is 12.7 Å². The zero-order valence-corrected chi connectivity index (χ0v) is 22.9. The van der Waals surface area contributed by atoms with Gasteiger partial charge in [-0.05, 0) is 31.4 Å². The first-order valence-electron chi connectivity index (χ1n) is 13.5. The van der Waals surface area contributed by atoms with Crippen LogP contribution in [0.1, 0.15) is 57.4 Å². The van der Waals surface area contributed by atoms with E-state index in [1.54, 1.807) is 18.2 Å². The van der Waals surface area contributed by atoms with Gasteiger partial charge in [-0.2, -0.15) is 0 Å². The highest BCUT2D eigenvalue weighted by atomic mass is 16.7. The first-order valence-corrected chi connectivity index (χ1v) is 13.5. The minimum atomic E-state index is -1.18. The van der Waals surface area contributed by atoms with Crippen molar-refractivity contribution in [2.45, 2.75) is 77.0 Å². The van der Waals surface area contributed by atoms with E-state index in [0.717, 1.165) is 0 Å². The van der Waals surface area contributed by atoms with Crippen LogP contribution in [-0.4, -0.2) is 83.0 Å². The number of carboxylic acids is 1. The van der Waals surface area contributed by atoms with Crippen LogP contribution in [0.4, 0.5) is 0 Å². The summed E-state index contributed by atoms with van der Waals surface area (Å²) in [5, 5.41) is 22.0. The van der Waals surface area contributed by atoms with E-state index in [4.69, 9.17) is 18.9 Å². The molecule has 0 aliphatic carbocycles. The monoisotopic (exact) mass is 576 g/mol. The Labute approximate surface area is 237 Å². The van der Waals surface area contributed by atoms with Crippen molar-refractivity contribution in [1.82, 2.24) is 10.2 Å². The largest absolute Gasteiger partial charge is 0.493 e. The Morgan fingerprint density at radius 3 is 2.54 bits per heavy atom. The third kappa shape index (κ3) is 10.5. The molecule has 13 heteroatoms. The number of esters is 1. The number of aliphatic hydroxyl groups is 1. The van der Waals surface area contributed by atoms with Crippen molar-refractivity contribution in [3.63, 3.8) is 0 Å². The van der Waals surface area contributed by atoms with E-state index in [-0.39, 0.29) is 43.8 Å². The lowest BCUT2D eigenvalue weighted by atomic mass is 10.1. The number of hydrogen-bond donors (Lipinski definition) is 3. The summed E-state index contributed by atoms with van der Waals surface area (Å²) < 4.78 is 22.1. The quantitative estimate of drug-likeness (QED) is 0.147. The van der Waals surface area contributed by atoms with Crippen LogP contribution in [-0.2, 0) is 40.1 Å². The summed E-state index contributed by atoms with van der Waals surface area (Å²) in [5.41, 5.74) is 0.581. The number of amides is 3. The number of carbonyl (C=O) groups excluding carboxylic acids is 4. The Bertz CT molecular complexity index is 1120. The molecule has 3 N–H and O–H groups in total. The van der Waals surface area contributed by atoms with Crippen LogP contribution in [0.2, 0.25) is 0 Å². The molecule has 0 radical (unpaired) electrons. The van der Waals surface area contributed by atoms with E-state index < -0.39 is 30.4 Å². The van der Waals surface area contributed by atoms with Crippen molar-refractivity contribution in [2.75, 3.05) is 19.7 Å². The molecule has 3 rings (SSSR count). The number of imide groups is 1. The first kappa shape index (κ1) is 31.6. The topological polar surface area (TPSA) is 178 Å². The third-order valence-corrected chi connectivity index (χ3v) is 6.37. The van der Waals surface area contributed by atoms with Crippen molar-refractivity contribution < 1.29 is 53.1 Å². The zero-order chi connectivity index (χ0) is 29.8. The van der Waals surface area contributed by atoms with Crippen molar-refractivity contribution in [3.8, 4) is 11.5 Å². The Morgan fingerprint density at radius 1 is 1.07 bits per heavy atom. The van der Waals surface area contributed by atoms with Crippen LogP contribution in [0.5, 0.6) is 11.5 Å². The summed E-state index contributed by atoms with van der Waals surface area (Å²) in [6.45, 7) is 2.22. The number of unbranched alkanes of at least 4 members (excludes halogenated alkanes) is 2. The van der Waals surface area contributed by atoms with Crippen LogP contribution >= 0.6 is 0 Å². The average molecular weight is 577 g/mol. The second-order valence-electron chi connectivity index (χ2n) is 9.71. The van der Waals surface area contributed by atoms with Gasteiger partial charge in [0.2, 0.25) is 12.2 Å². The molecule has 1 fully saturated rings. The van der Waals surface area contributed by atoms with E-state index in [1.807, 2.05) is 0 Å². The molecule has 0 aromatic heterocycles. The Kier molecular flexibility index (Phi) is 12.1. The average Bonchev–Trinajstić information content (AvgIpc) is 3.24. The van der Waals surface area contributed by atoms with Crippen LogP contribution in [0, 0.1) is 0 Å². The molecular weight excluding hydrogens is 540 g/mol. The van der Waals surface area contributed by atoms with Gasteiger partial charge < -0.3 is 34.5 Å². The van der Waals surface area contributed by atoms with Gasteiger partial charge in [-0.3, -0.25) is 24.1 Å². The lowest BCUT2D eigenvalue weighted by Crippen LogP contribution is -2.42. The number of aliphatic hydroxyl groups excluding tert-OH is 1. The number of ether oxygens (including phenoxy) is 4. The van der Waals surface area contributed by atoms with Gasteiger partial charge in [0.15, 0.2) is 6.10 Å². The van der Waals surface area contributed by atoms with Gasteiger partial charge in [-0.1, -0.05) is 6.42 Å². The van der Waals surface area contributed by atoms with Crippen molar-refractivity contribution in [3.05, 3.63) is 35.9 Å². The number of hydrogen-bond acceptors (Lipinski definition) is 10. The zero-order valence-electron chi connectivity index (χ0n) is 22.9. The second kappa shape index (κ2) is 15.7. The van der Waals surface area contributed by atoms with Crippen molar-refractivity contribution >= 4 is 29.7 Å². The highest BCUT2D eigenvalue weighted by molar-refractivity contribution is 6.12. The van der Waals surface area contributed by atoms with E-state index >= 15 is 0 Å². The highest BCUT2D eigenvalue weighted by Gasteiger charge is 2.34. The van der Waals surface area contributed by atoms with Gasteiger partial charge in [0.25, 0.3) is 11.8 Å². The van der Waals surface area contributed by atoms with E-state index in [0.29, 0.717) is 62.3 Å². The van der Waals surface area contributed by atoms with Crippen LogP contribution in [0.25, 0.3) is 0 Å². The Hall–Kier alpha value is -3.97. The molecule has 2 aliphatic heterocycles. The van der Waals surface area contributed by atoms with Crippen LogP contribution in [0.15, 0.2) is 30.4 Å². The predicted octanol–water partition coefficient (Wildman–Crippen LogP) is 1.45. The molecule has 2 aliphatic rings. The van der Waals surface area contributed by atoms with Crippen LogP contribution in [0.3, 0.4) is 0 Å². The summed E-state index contributed by atoms with van der Waals surface area (Å²) in [7, 11) is 0. The SMILES string of the molecule is CC(=O)OCc1ccc(O[C@H]2C[C@@H](O)C[C@@H](C(=O)O)O2)cc1OCCCNC(=O)CCCCCN1C(=O)C=CC1=O. The molecular formula is C28H36N2O11. The fraction of sp³-hybridized carbons (Fsp3) is 0.536. The molecule has 224 valence electrons. The molecule has 0 unspecified atom stereocenters. The summed E-state index contributed by atoms with van der Waals surface area (Å²) in [6, 6.07) is 4.82. The summed E-state index contributed by atoms with van der Waals surface area (Å²) in [6.07, 6.45) is 2.34. The number of carbonyl (C=O) groups is 5. The minimum Gasteiger partial charge on any atom is -0.493 e. The van der Waals surface area contributed by atoms with Gasteiger partial charge in [-0.15, -0.1) is 0 Å². The molecule has 2 heterocycles. The van der Waals surface area contributed by atoms with E-state index in [2.05, 4.69) is 5.32 Å².